The Morgan fingerprint density at radius 1 is 1.53 bits per heavy atom. The molecule has 1 heterocycles. The van der Waals surface area contributed by atoms with Gasteiger partial charge in [-0.25, -0.2) is 0 Å². The van der Waals surface area contributed by atoms with Crippen LogP contribution in [0.2, 0.25) is 0 Å². The van der Waals surface area contributed by atoms with Crippen molar-refractivity contribution in [1.82, 2.24) is 0 Å². The average molecular weight is 253 g/mol. The van der Waals surface area contributed by atoms with E-state index >= 15 is 0 Å². The molecule has 0 aromatic rings. The molecule has 2 unspecified atom stereocenters. The first-order chi connectivity index (χ1) is 6.95. The third-order valence-corrected chi connectivity index (χ3v) is 5.61. The van der Waals surface area contributed by atoms with Crippen molar-refractivity contribution >= 4 is 19.2 Å². The lowest BCUT2D eigenvalue weighted by Gasteiger charge is -2.22. The first kappa shape index (κ1) is 11.6. The van der Waals surface area contributed by atoms with Crippen molar-refractivity contribution in [2.45, 2.75) is 31.5 Å². The highest BCUT2D eigenvalue weighted by molar-refractivity contribution is 7.58. The molecule has 4 nitrogen and oxygen atoms in total. The zero-order valence-corrected chi connectivity index (χ0v) is 10.6. The van der Waals surface area contributed by atoms with Crippen LogP contribution in [0.25, 0.3) is 0 Å². The summed E-state index contributed by atoms with van der Waals surface area (Å²) in [5.74, 6) is 0. The molecule has 6 heteroatoms. The van der Waals surface area contributed by atoms with Gasteiger partial charge in [-0.1, -0.05) is 11.6 Å². The van der Waals surface area contributed by atoms with Crippen molar-refractivity contribution in [2.75, 3.05) is 14.2 Å². The maximum Gasteiger partial charge on any atom is 0.358 e. The third kappa shape index (κ3) is 1.79. The molecule has 0 N–H and O–H groups in total. The molecule has 0 radical (unpaired) electrons. The molecule has 0 aromatic carbocycles. The molecule has 0 aromatic heterocycles. The van der Waals surface area contributed by atoms with Crippen molar-refractivity contribution in [2.24, 2.45) is 0 Å². The van der Waals surface area contributed by atoms with Gasteiger partial charge in [-0.15, -0.1) is 0 Å². The van der Waals surface area contributed by atoms with E-state index < -0.39 is 7.60 Å². The molecular weight excluding hydrogens is 239 g/mol. The molecule has 0 amide bonds. The van der Waals surface area contributed by atoms with Crippen molar-refractivity contribution in [3.63, 3.8) is 0 Å². The first-order valence-electron chi connectivity index (χ1n) is 4.72. The summed E-state index contributed by atoms with van der Waals surface area (Å²) in [6, 6.07) is 0. The van der Waals surface area contributed by atoms with Gasteiger partial charge in [0.1, 0.15) is 0 Å². The summed E-state index contributed by atoms with van der Waals surface area (Å²) in [6.45, 7) is 2.00. The van der Waals surface area contributed by atoms with Crippen LogP contribution >= 0.6 is 19.2 Å². The fourth-order valence-electron chi connectivity index (χ4n) is 1.96. The van der Waals surface area contributed by atoms with Crippen molar-refractivity contribution < 1.29 is 18.3 Å². The molecule has 0 spiro atoms. The second-order valence-corrected chi connectivity index (χ2v) is 6.74. The van der Waals surface area contributed by atoms with Crippen LogP contribution in [0.5, 0.6) is 0 Å². The summed E-state index contributed by atoms with van der Waals surface area (Å²) >= 11 is 6.10. The van der Waals surface area contributed by atoms with Crippen LogP contribution in [0.4, 0.5) is 0 Å². The second-order valence-electron chi connectivity index (χ2n) is 4.01. The average Bonchev–Trinajstić information content (AvgIpc) is 2.85. The van der Waals surface area contributed by atoms with E-state index in [-0.39, 0.29) is 11.7 Å². The number of halogens is 1. The van der Waals surface area contributed by atoms with Crippen molar-refractivity contribution in [3.05, 3.63) is 10.3 Å². The van der Waals surface area contributed by atoms with Gasteiger partial charge in [-0.05, 0) is 6.92 Å². The van der Waals surface area contributed by atoms with Crippen LogP contribution in [0.15, 0.2) is 10.3 Å². The summed E-state index contributed by atoms with van der Waals surface area (Å²) in [6.07, 6.45) is 1.23. The molecule has 1 saturated heterocycles. The second kappa shape index (κ2) is 3.57. The summed E-state index contributed by atoms with van der Waals surface area (Å²) < 4.78 is 27.5. The minimum Gasteiger partial charge on any atom is -0.366 e. The van der Waals surface area contributed by atoms with Gasteiger partial charge in [0.2, 0.25) is 0 Å². The van der Waals surface area contributed by atoms with Gasteiger partial charge in [0, 0.05) is 32.1 Å². The summed E-state index contributed by atoms with van der Waals surface area (Å²) in [4.78, 5) is 0. The van der Waals surface area contributed by atoms with Crippen molar-refractivity contribution in [1.29, 1.82) is 0 Å². The van der Waals surface area contributed by atoms with E-state index in [1.807, 2.05) is 6.92 Å². The molecule has 2 rings (SSSR count). The third-order valence-electron chi connectivity index (χ3n) is 3.04. The van der Waals surface area contributed by atoms with Gasteiger partial charge in [0.15, 0.2) is 0 Å². The number of ether oxygens (including phenoxy) is 1. The Balaban J connectivity index is 2.30. The lowest BCUT2D eigenvalue weighted by atomic mass is 9.96. The number of epoxide rings is 1. The standard InChI is InChI=1S/C9H14ClO4P/c1-9-5-6(10)7(4-8(9)14-9)15(11,12-2)13-3/h8H,4-5H2,1-3H3. The Morgan fingerprint density at radius 3 is 2.67 bits per heavy atom. The molecule has 1 fully saturated rings. The predicted octanol–water partition coefficient (Wildman–Crippen LogP) is 2.87. The van der Waals surface area contributed by atoms with Crippen LogP contribution in [-0.2, 0) is 18.3 Å². The van der Waals surface area contributed by atoms with E-state index in [1.165, 1.54) is 14.2 Å². The quantitative estimate of drug-likeness (QED) is 0.572. The van der Waals surface area contributed by atoms with Crippen LogP contribution in [0, 0.1) is 0 Å². The van der Waals surface area contributed by atoms with Gasteiger partial charge in [0.25, 0.3) is 0 Å². The zero-order valence-electron chi connectivity index (χ0n) is 8.95. The molecule has 2 aliphatic rings. The van der Waals surface area contributed by atoms with Gasteiger partial charge in [-0.2, -0.15) is 0 Å². The van der Waals surface area contributed by atoms with E-state index in [4.69, 9.17) is 25.4 Å². The Hall–Kier alpha value is 0.140. The van der Waals surface area contributed by atoms with Crippen LogP contribution in [0.1, 0.15) is 19.8 Å². The van der Waals surface area contributed by atoms with Crippen LogP contribution in [0.3, 0.4) is 0 Å². The van der Waals surface area contributed by atoms with Crippen LogP contribution < -0.4 is 0 Å². The van der Waals surface area contributed by atoms with E-state index in [0.717, 1.165) is 0 Å². The van der Waals surface area contributed by atoms with E-state index in [2.05, 4.69) is 0 Å². The molecular formula is C9H14ClO4P. The summed E-state index contributed by atoms with van der Waals surface area (Å²) in [5.41, 5.74) is -0.160. The maximum absolute atomic E-state index is 12.1. The molecule has 1 aliphatic heterocycles. The fourth-order valence-corrected chi connectivity index (χ4v) is 3.96. The lowest BCUT2D eigenvalue weighted by molar-refractivity contribution is 0.280. The van der Waals surface area contributed by atoms with Gasteiger partial charge < -0.3 is 13.8 Å². The SMILES string of the molecule is COP(=O)(OC)C1=C(Cl)CC2(C)OC2C1. The molecule has 0 saturated carbocycles. The van der Waals surface area contributed by atoms with E-state index in [9.17, 15) is 4.57 Å². The lowest BCUT2D eigenvalue weighted by Crippen LogP contribution is -2.16. The molecule has 0 bridgehead atoms. The number of rotatable bonds is 3. The minimum absolute atomic E-state index is 0.105. The molecule has 15 heavy (non-hydrogen) atoms. The van der Waals surface area contributed by atoms with E-state index in [0.29, 0.717) is 23.2 Å². The molecule has 86 valence electrons. The van der Waals surface area contributed by atoms with E-state index in [1.54, 1.807) is 0 Å². The largest absolute Gasteiger partial charge is 0.366 e. The number of fused-ring (bicyclic) bond motifs is 1. The normalized spacial score (nSPS) is 35.3. The number of hydrogen-bond acceptors (Lipinski definition) is 4. The van der Waals surface area contributed by atoms with Gasteiger partial charge in [-0.3, -0.25) is 4.57 Å². The van der Waals surface area contributed by atoms with Gasteiger partial charge in [0.05, 0.1) is 17.0 Å². The summed E-state index contributed by atoms with van der Waals surface area (Å²) in [5, 5.41) is 1.12. The Morgan fingerprint density at radius 2 is 2.13 bits per heavy atom. The van der Waals surface area contributed by atoms with Gasteiger partial charge >= 0.3 is 7.60 Å². The Bertz CT molecular complexity index is 359. The Labute approximate surface area is 94.1 Å². The summed E-state index contributed by atoms with van der Waals surface area (Å²) in [7, 11) is -0.457. The predicted molar refractivity (Wildman–Crippen MR) is 57.0 cm³/mol. The molecule has 1 aliphatic carbocycles. The van der Waals surface area contributed by atoms with Crippen LogP contribution in [-0.4, -0.2) is 25.9 Å². The highest BCUT2D eigenvalue weighted by Crippen LogP contribution is 2.64. The fraction of sp³-hybridized carbons (Fsp3) is 0.778. The first-order valence-corrected chi connectivity index (χ1v) is 6.64. The smallest absolute Gasteiger partial charge is 0.358 e. The maximum atomic E-state index is 12.1. The zero-order chi connectivity index (χ0) is 11.3. The number of hydrogen-bond donors (Lipinski definition) is 0. The molecule has 2 atom stereocenters. The Kier molecular flexibility index (Phi) is 2.77. The van der Waals surface area contributed by atoms with Crippen molar-refractivity contribution in [3.8, 4) is 0 Å². The minimum atomic E-state index is -3.19. The topological polar surface area (TPSA) is 48.1 Å². The monoisotopic (exact) mass is 252 g/mol. The highest BCUT2D eigenvalue weighted by atomic mass is 35.5. The highest BCUT2D eigenvalue weighted by Gasteiger charge is 2.57.